The second-order valence-electron chi connectivity index (χ2n) is 6.18. The van der Waals surface area contributed by atoms with E-state index < -0.39 is 0 Å². The van der Waals surface area contributed by atoms with Gasteiger partial charge < -0.3 is 4.57 Å². The van der Waals surface area contributed by atoms with Crippen molar-refractivity contribution >= 4 is 57.9 Å². The summed E-state index contributed by atoms with van der Waals surface area (Å²) in [6.07, 6.45) is 3.39. The van der Waals surface area contributed by atoms with Crippen LogP contribution in [0.1, 0.15) is 22.2 Å². The molecule has 0 spiro atoms. The van der Waals surface area contributed by atoms with Crippen molar-refractivity contribution in [1.29, 1.82) is 0 Å². The zero-order valence-corrected chi connectivity index (χ0v) is 17.6. The number of carbonyl (C=O) groups is 1. The van der Waals surface area contributed by atoms with Crippen LogP contribution in [0.2, 0.25) is 10.0 Å². The number of amides is 1. The molecule has 9 heteroatoms. The molecular weight excluding hydrogens is 429 g/mol. The molecule has 0 radical (unpaired) electrons. The molecule has 1 amide bonds. The van der Waals surface area contributed by atoms with Gasteiger partial charge in [0.2, 0.25) is 0 Å². The van der Waals surface area contributed by atoms with Crippen LogP contribution >= 0.6 is 34.7 Å². The van der Waals surface area contributed by atoms with Crippen LogP contribution in [-0.2, 0) is 6.54 Å². The smallest absolute Gasteiger partial charge is 0.283 e. The van der Waals surface area contributed by atoms with E-state index in [0.717, 1.165) is 40.2 Å². The standard InChI is InChI=1S/C20H15Cl2N5OS/c1-2-27-11-23-17-7-12(3-6-18(17)27)10-24-25-20(28)19-9-16(26-29-19)14-5-4-13(21)8-15(14)22/h3-11H,2H2,1H3,(H,25,28)/b24-10+. The fourth-order valence-corrected chi connectivity index (χ4v) is 3.99. The molecule has 0 aliphatic rings. The van der Waals surface area contributed by atoms with Crippen LogP contribution in [0.4, 0.5) is 0 Å². The van der Waals surface area contributed by atoms with Gasteiger partial charge in [0.15, 0.2) is 0 Å². The Balaban J connectivity index is 1.45. The van der Waals surface area contributed by atoms with E-state index in [-0.39, 0.29) is 5.91 Å². The molecule has 0 bridgehead atoms. The molecule has 0 saturated heterocycles. The minimum Gasteiger partial charge on any atom is -0.331 e. The highest BCUT2D eigenvalue weighted by atomic mass is 35.5. The summed E-state index contributed by atoms with van der Waals surface area (Å²) in [7, 11) is 0. The Bertz CT molecular complexity index is 1230. The summed E-state index contributed by atoms with van der Waals surface area (Å²) in [5, 5.41) is 5.06. The number of aryl methyl sites for hydroxylation is 1. The van der Waals surface area contributed by atoms with Gasteiger partial charge >= 0.3 is 0 Å². The summed E-state index contributed by atoms with van der Waals surface area (Å²) in [6.45, 7) is 2.93. The predicted octanol–water partition coefficient (Wildman–Crippen LogP) is 5.25. The van der Waals surface area contributed by atoms with E-state index in [1.165, 1.54) is 0 Å². The number of carbonyl (C=O) groups excluding carboxylic acids is 1. The second-order valence-corrected chi connectivity index (χ2v) is 7.83. The van der Waals surface area contributed by atoms with Gasteiger partial charge in [0.1, 0.15) is 4.88 Å². The Kier molecular flexibility index (Phi) is 5.62. The van der Waals surface area contributed by atoms with Gasteiger partial charge in [0.05, 0.1) is 34.3 Å². The Morgan fingerprint density at radius 3 is 2.90 bits per heavy atom. The van der Waals surface area contributed by atoms with E-state index >= 15 is 0 Å². The maximum absolute atomic E-state index is 12.3. The van der Waals surface area contributed by atoms with Crippen molar-refractivity contribution in [2.24, 2.45) is 5.10 Å². The lowest BCUT2D eigenvalue weighted by Gasteiger charge is -2.00. The van der Waals surface area contributed by atoms with Crippen LogP contribution in [-0.4, -0.2) is 26.0 Å². The molecular formula is C20H15Cl2N5OS. The van der Waals surface area contributed by atoms with E-state index in [9.17, 15) is 4.79 Å². The van der Waals surface area contributed by atoms with Crippen molar-refractivity contribution in [3.8, 4) is 11.3 Å². The third-order valence-corrected chi connectivity index (χ3v) is 5.64. The zero-order valence-electron chi connectivity index (χ0n) is 15.3. The molecule has 2 heterocycles. The SMILES string of the molecule is CCn1cnc2cc(/C=N/NC(=O)c3cc(-c4ccc(Cl)cc4Cl)ns3)ccc21. The van der Waals surface area contributed by atoms with Crippen LogP contribution in [0.25, 0.3) is 22.3 Å². The van der Waals surface area contributed by atoms with Gasteiger partial charge in [-0.15, -0.1) is 0 Å². The van der Waals surface area contributed by atoms with Gasteiger partial charge in [-0.2, -0.15) is 9.47 Å². The van der Waals surface area contributed by atoms with Crippen LogP contribution < -0.4 is 5.43 Å². The first-order chi connectivity index (χ1) is 14.0. The van der Waals surface area contributed by atoms with Crippen molar-refractivity contribution in [3.05, 3.63) is 69.3 Å². The number of rotatable bonds is 5. The molecule has 2 aromatic heterocycles. The number of fused-ring (bicyclic) bond motifs is 1. The number of nitrogens with zero attached hydrogens (tertiary/aromatic N) is 4. The first-order valence-electron chi connectivity index (χ1n) is 8.75. The Morgan fingerprint density at radius 1 is 1.24 bits per heavy atom. The Morgan fingerprint density at radius 2 is 2.10 bits per heavy atom. The molecule has 0 fully saturated rings. The average Bonchev–Trinajstić information content (AvgIpc) is 3.34. The zero-order chi connectivity index (χ0) is 20.4. The predicted molar refractivity (Wildman–Crippen MR) is 118 cm³/mol. The number of nitrogens with one attached hydrogen (secondary N) is 1. The quantitative estimate of drug-likeness (QED) is 0.338. The first-order valence-corrected chi connectivity index (χ1v) is 10.3. The summed E-state index contributed by atoms with van der Waals surface area (Å²) in [5.41, 5.74) is 6.64. The number of halogens is 2. The van der Waals surface area contributed by atoms with Gasteiger partial charge in [-0.1, -0.05) is 29.3 Å². The van der Waals surface area contributed by atoms with E-state index in [4.69, 9.17) is 23.2 Å². The number of hydrogen-bond donors (Lipinski definition) is 1. The highest BCUT2D eigenvalue weighted by Crippen LogP contribution is 2.31. The lowest BCUT2D eigenvalue weighted by Crippen LogP contribution is -2.16. The van der Waals surface area contributed by atoms with Gasteiger partial charge in [-0.25, -0.2) is 10.4 Å². The van der Waals surface area contributed by atoms with E-state index in [1.807, 2.05) is 24.5 Å². The third-order valence-electron chi connectivity index (χ3n) is 4.31. The normalized spacial score (nSPS) is 11.4. The third kappa shape index (κ3) is 4.17. The van der Waals surface area contributed by atoms with Crippen molar-refractivity contribution in [2.45, 2.75) is 13.5 Å². The highest BCUT2D eigenvalue weighted by Gasteiger charge is 2.13. The van der Waals surface area contributed by atoms with Crippen molar-refractivity contribution in [3.63, 3.8) is 0 Å². The van der Waals surface area contributed by atoms with Crippen LogP contribution in [0, 0.1) is 0 Å². The molecule has 0 aliphatic carbocycles. The van der Waals surface area contributed by atoms with Crippen molar-refractivity contribution < 1.29 is 4.79 Å². The summed E-state index contributed by atoms with van der Waals surface area (Å²) >= 11 is 13.2. The molecule has 0 atom stereocenters. The van der Waals surface area contributed by atoms with Gasteiger partial charge in [-0.3, -0.25) is 4.79 Å². The first kappa shape index (κ1) is 19.6. The molecule has 0 unspecified atom stereocenters. The molecule has 2 aromatic carbocycles. The van der Waals surface area contributed by atoms with Crippen molar-refractivity contribution in [2.75, 3.05) is 0 Å². The van der Waals surface area contributed by atoms with Gasteiger partial charge in [0, 0.05) is 17.1 Å². The minimum atomic E-state index is -0.341. The monoisotopic (exact) mass is 443 g/mol. The molecule has 29 heavy (non-hydrogen) atoms. The molecule has 4 aromatic rings. The molecule has 0 aliphatic heterocycles. The van der Waals surface area contributed by atoms with Gasteiger partial charge in [0.25, 0.3) is 5.91 Å². The summed E-state index contributed by atoms with van der Waals surface area (Å²) in [6, 6.07) is 12.7. The maximum atomic E-state index is 12.3. The largest absolute Gasteiger partial charge is 0.331 e. The number of hydrogen-bond acceptors (Lipinski definition) is 5. The van der Waals surface area contributed by atoms with Gasteiger partial charge in [-0.05, 0) is 60.4 Å². The number of aromatic nitrogens is 3. The average molecular weight is 444 g/mol. The fraction of sp³-hybridized carbons (Fsp3) is 0.100. The topological polar surface area (TPSA) is 72.2 Å². The maximum Gasteiger partial charge on any atom is 0.283 e. The second kappa shape index (κ2) is 8.32. The summed E-state index contributed by atoms with van der Waals surface area (Å²) in [4.78, 5) is 17.2. The van der Waals surface area contributed by atoms with Crippen LogP contribution in [0.15, 0.2) is 53.9 Å². The van der Waals surface area contributed by atoms with Crippen LogP contribution in [0.5, 0.6) is 0 Å². The molecule has 1 N–H and O–H groups in total. The molecule has 146 valence electrons. The highest BCUT2D eigenvalue weighted by molar-refractivity contribution is 7.08. The van der Waals surface area contributed by atoms with E-state index in [0.29, 0.717) is 20.6 Å². The molecule has 6 nitrogen and oxygen atoms in total. The molecule has 0 saturated carbocycles. The Hall–Kier alpha value is -2.74. The summed E-state index contributed by atoms with van der Waals surface area (Å²) in [5.74, 6) is -0.341. The number of benzene rings is 2. The van der Waals surface area contributed by atoms with E-state index in [1.54, 1.807) is 30.5 Å². The van der Waals surface area contributed by atoms with Crippen molar-refractivity contribution in [1.82, 2.24) is 19.4 Å². The lowest BCUT2D eigenvalue weighted by atomic mass is 10.1. The Labute approximate surface area is 181 Å². The number of hydrazone groups is 1. The minimum absolute atomic E-state index is 0.341. The fourth-order valence-electron chi connectivity index (χ4n) is 2.84. The summed E-state index contributed by atoms with van der Waals surface area (Å²) < 4.78 is 6.36. The lowest BCUT2D eigenvalue weighted by molar-refractivity contribution is 0.0959. The molecule has 4 rings (SSSR count). The van der Waals surface area contributed by atoms with E-state index in [2.05, 4.69) is 31.4 Å². The van der Waals surface area contributed by atoms with Crippen LogP contribution in [0.3, 0.4) is 0 Å². The number of imidazole rings is 1.